The minimum absolute atomic E-state index is 0.0283. The summed E-state index contributed by atoms with van der Waals surface area (Å²) >= 11 is 0. The number of aliphatic hydroxyl groups excluding tert-OH is 1. The zero-order valence-electron chi connectivity index (χ0n) is 17.4. The molecule has 0 saturated carbocycles. The van der Waals surface area contributed by atoms with E-state index in [-0.39, 0.29) is 29.9 Å². The van der Waals surface area contributed by atoms with Crippen molar-refractivity contribution in [2.75, 3.05) is 46.6 Å². The van der Waals surface area contributed by atoms with E-state index in [1.165, 1.54) is 0 Å². The highest BCUT2D eigenvalue weighted by atomic mass is 16.5. The summed E-state index contributed by atoms with van der Waals surface area (Å²) in [5.41, 5.74) is 0.233. The van der Waals surface area contributed by atoms with Gasteiger partial charge in [-0.25, -0.2) is 0 Å². The minimum Gasteiger partial charge on any atom is -0.494 e. The molecule has 0 aromatic heterocycles. The normalized spacial score (nSPS) is 24.2. The molecule has 29 heavy (non-hydrogen) atoms. The van der Waals surface area contributed by atoms with E-state index in [0.717, 1.165) is 12.8 Å². The molecule has 2 saturated heterocycles. The van der Waals surface area contributed by atoms with Gasteiger partial charge in [0.15, 0.2) is 0 Å². The number of ether oxygens (including phenoxy) is 2. The third kappa shape index (κ3) is 4.56. The molecule has 2 heterocycles. The van der Waals surface area contributed by atoms with Crippen molar-refractivity contribution in [3.63, 3.8) is 0 Å². The number of nitrogens with zero attached hydrogens (tertiary/aromatic N) is 2. The first kappa shape index (κ1) is 21.6. The largest absolute Gasteiger partial charge is 0.494 e. The molecule has 1 aromatic carbocycles. The van der Waals surface area contributed by atoms with Gasteiger partial charge in [-0.15, -0.1) is 0 Å². The predicted molar refractivity (Wildman–Crippen MR) is 109 cm³/mol. The van der Waals surface area contributed by atoms with Crippen molar-refractivity contribution in [1.82, 2.24) is 9.80 Å². The third-order valence-corrected chi connectivity index (χ3v) is 6.27. The molecule has 3 rings (SSSR count). The highest BCUT2D eigenvalue weighted by Crippen LogP contribution is 2.42. The van der Waals surface area contributed by atoms with Crippen LogP contribution in [0.15, 0.2) is 24.3 Å². The second kappa shape index (κ2) is 9.59. The summed E-state index contributed by atoms with van der Waals surface area (Å²) in [6, 6.07) is 7.04. The number of carbonyl (C=O) groups excluding carboxylic acids is 2. The van der Waals surface area contributed by atoms with Crippen molar-refractivity contribution < 1.29 is 24.2 Å². The molecule has 160 valence electrons. The van der Waals surface area contributed by atoms with E-state index < -0.39 is 0 Å². The van der Waals surface area contributed by atoms with Gasteiger partial charge in [0.2, 0.25) is 5.91 Å². The number of fused-ring (bicyclic) bond motifs is 1. The second-order valence-corrected chi connectivity index (χ2v) is 7.93. The maximum Gasteiger partial charge on any atom is 0.254 e. The van der Waals surface area contributed by atoms with Crippen LogP contribution < -0.4 is 4.74 Å². The van der Waals surface area contributed by atoms with Crippen LogP contribution >= 0.6 is 0 Å². The molecule has 7 heteroatoms. The Balaban J connectivity index is 1.83. The van der Waals surface area contributed by atoms with Crippen LogP contribution in [0.25, 0.3) is 0 Å². The van der Waals surface area contributed by atoms with Crippen LogP contribution in [0.4, 0.5) is 0 Å². The fourth-order valence-electron chi connectivity index (χ4n) is 4.63. The van der Waals surface area contributed by atoms with Gasteiger partial charge in [0.25, 0.3) is 5.91 Å². The summed E-state index contributed by atoms with van der Waals surface area (Å²) in [5, 5.41) is 10.2. The number of rotatable bonds is 7. The third-order valence-electron chi connectivity index (χ3n) is 6.27. The minimum atomic E-state index is -0.344. The number of methoxy groups -OCH3 is 1. The summed E-state index contributed by atoms with van der Waals surface area (Å²) in [4.78, 5) is 29.6. The standard InChI is InChI=1S/C22H32N2O5/c1-3-29-18-7-4-6-17(14-18)21(27)24-11-5-9-22(16-25)10-12-23(15-19(22)24)20(26)8-13-28-2/h4,6-7,14,19,25H,3,5,8-13,15-16H2,1-2H3/t19-,22-/m0/s1. The Labute approximate surface area is 172 Å². The Morgan fingerprint density at radius 2 is 2.10 bits per heavy atom. The van der Waals surface area contributed by atoms with Gasteiger partial charge in [-0.1, -0.05) is 6.07 Å². The van der Waals surface area contributed by atoms with Crippen molar-refractivity contribution in [2.45, 2.75) is 38.6 Å². The van der Waals surface area contributed by atoms with Crippen LogP contribution in [0.2, 0.25) is 0 Å². The topological polar surface area (TPSA) is 79.3 Å². The SMILES string of the molecule is CCOc1cccc(C(=O)N2CCC[C@@]3(CO)CCN(C(=O)CCOC)C[C@H]23)c1. The van der Waals surface area contributed by atoms with E-state index >= 15 is 0 Å². The highest BCUT2D eigenvalue weighted by Gasteiger charge is 2.49. The van der Waals surface area contributed by atoms with Gasteiger partial charge in [-0.05, 0) is 44.4 Å². The number of piperidine rings is 2. The van der Waals surface area contributed by atoms with Crippen molar-refractivity contribution in [2.24, 2.45) is 5.41 Å². The van der Waals surface area contributed by atoms with E-state index in [1.807, 2.05) is 28.9 Å². The molecule has 1 aromatic rings. The number of hydrogen-bond acceptors (Lipinski definition) is 5. The zero-order chi connectivity index (χ0) is 20.9. The van der Waals surface area contributed by atoms with Crippen LogP contribution in [-0.2, 0) is 9.53 Å². The number of hydrogen-bond donors (Lipinski definition) is 1. The maximum atomic E-state index is 13.4. The number of amides is 2. The van der Waals surface area contributed by atoms with E-state index in [0.29, 0.717) is 57.0 Å². The summed E-state index contributed by atoms with van der Waals surface area (Å²) < 4.78 is 10.6. The molecular weight excluding hydrogens is 372 g/mol. The van der Waals surface area contributed by atoms with Gasteiger partial charge in [0, 0.05) is 37.7 Å². The number of aliphatic hydroxyl groups is 1. The quantitative estimate of drug-likeness (QED) is 0.751. The van der Waals surface area contributed by atoms with Gasteiger partial charge in [0.1, 0.15) is 5.75 Å². The van der Waals surface area contributed by atoms with Crippen LogP contribution in [-0.4, -0.2) is 79.3 Å². The molecule has 7 nitrogen and oxygen atoms in total. The molecular formula is C22H32N2O5. The van der Waals surface area contributed by atoms with Crippen LogP contribution in [0.5, 0.6) is 5.75 Å². The molecule has 0 radical (unpaired) electrons. The van der Waals surface area contributed by atoms with Crippen molar-refractivity contribution in [3.8, 4) is 5.75 Å². The summed E-state index contributed by atoms with van der Waals surface area (Å²) in [5.74, 6) is 0.638. The van der Waals surface area contributed by atoms with E-state index in [1.54, 1.807) is 19.2 Å². The monoisotopic (exact) mass is 404 g/mol. The first-order chi connectivity index (χ1) is 14.0. The lowest BCUT2D eigenvalue weighted by molar-refractivity contribution is -0.140. The summed E-state index contributed by atoms with van der Waals surface area (Å²) in [6.07, 6.45) is 2.76. The fraction of sp³-hybridized carbons (Fsp3) is 0.636. The molecule has 2 atom stereocenters. The van der Waals surface area contributed by atoms with Gasteiger partial charge in [-0.3, -0.25) is 9.59 Å². The number of carbonyl (C=O) groups is 2. The van der Waals surface area contributed by atoms with Crippen LogP contribution in [0.3, 0.4) is 0 Å². The van der Waals surface area contributed by atoms with Gasteiger partial charge in [-0.2, -0.15) is 0 Å². The fourth-order valence-corrected chi connectivity index (χ4v) is 4.63. The molecule has 2 aliphatic rings. The number of benzene rings is 1. The maximum absolute atomic E-state index is 13.4. The molecule has 0 unspecified atom stereocenters. The summed E-state index contributed by atoms with van der Waals surface area (Å²) in [7, 11) is 1.58. The second-order valence-electron chi connectivity index (χ2n) is 7.93. The Morgan fingerprint density at radius 1 is 1.28 bits per heavy atom. The lowest BCUT2D eigenvalue weighted by Gasteiger charge is -2.54. The van der Waals surface area contributed by atoms with Gasteiger partial charge >= 0.3 is 0 Å². The van der Waals surface area contributed by atoms with E-state index in [4.69, 9.17) is 9.47 Å². The van der Waals surface area contributed by atoms with Gasteiger partial charge < -0.3 is 24.4 Å². The lowest BCUT2D eigenvalue weighted by Crippen LogP contribution is -2.64. The Hall–Kier alpha value is -2.12. The average Bonchev–Trinajstić information content (AvgIpc) is 2.76. The van der Waals surface area contributed by atoms with E-state index in [2.05, 4.69) is 0 Å². The molecule has 0 aliphatic carbocycles. The molecule has 2 aliphatic heterocycles. The molecule has 2 fully saturated rings. The smallest absolute Gasteiger partial charge is 0.254 e. The molecule has 0 spiro atoms. The first-order valence-electron chi connectivity index (χ1n) is 10.5. The van der Waals surface area contributed by atoms with E-state index in [9.17, 15) is 14.7 Å². The average molecular weight is 405 g/mol. The summed E-state index contributed by atoms with van der Waals surface area (Å²) in [6.45, 7) is 4.56. The van der Waals surface area contributed by atoms with Crippen molar-refractivity contribution in [3.05, 3.63) is 29.8 Å². The Kier molecular flexibility index (Phi) is 7.14. The molecule has 1 N–H and O–H groups in total. The van der Waals surface area contributed by atoms with Gasteiger partial charge in [0.05, 0.1) is 32.3 Å². The molecule has 2 amide bonds. The predicted octanol–water partition coefficient (Wildman–Crippen LogP) is 1.94. The highest BCUT2D eigenvalue weighted by molar-refractivity contribution is 5.95. The van der Waals surface area contributed by atoms with Crippen LogP contribution in [0.1, 0.15) is 43.0 Å². The Bertz CT molecular complexity index is 725. The first-order valence-corrected chi connectivity index (χ1v) is 10.5. The zero-order valence-corrected chi connectivity index (χ0v) is 17.4. The Morgan fingerprint density at radius 3 is 2.83 bits per heavy atom. The lowest BCUT2D eigenvalue weighted by atomic mass is 9.68. The van der Waals surface area contributed by atoms with Crippen molar-refractivity contribution >= 4 is 11.8 Å². The van der Waals surface area contributed by atoms with Crippen molar-refractivity contribution in [1.29, 1.82) is 0 Å². The molecule has 0 bridgehead atoms. The van der Waals surface area contributed by atoms with Crippen LogP contribution in [0, 0.1) is 5.41 Å². The number of likely N-dealkylation sites (tertiary alicyclic amines) is 2.